The molecule has 0 aromatic heterocycles. The van der Waals surface area contributed by atoms with E-state index in [1.165, 1.54) is 24.3 Å². The number of nitriles is 1. The minimum atomic E-state index is -4.92. The maximum Gasteiger partial charge on any atom is 0.408 e. The molecule has 1 aromatic rings. The van der Waals surface area contributed by atoms with E-state index in [-0.39, 0.29) is 18.4 Å². The number of hydrogen-bond donors (Lipinski definition) is 1. The van der Waals surface area contributed by atoms with Gasteiger partial charge in [0, 0.05) is 10.9 Å². The zero-order valence-corrected chi connectivity index (χ0v) is 15.8. The Labute approximate surface area is 161 Å². The lowest BCUT2D eigenvalue weighted by Crippen LogP contribution is -2.57. The number of halogens is 6. The molecular formula is C17H17BrF5N3O. The van der Waals surface area contributed by atoms with Gasteiger partial charge in [0.1, 0.15) is 11.6 Å². The van der Waals surface area contributed by atoms with Gasteiger partial charge in [-0.3, -0.25) is 9.69 Å². The first-order chi connectivity index (χ1) is 12.3. The highest BCUT2D eigenvalue weighted by molar-refractivity contribution is 9.10. The average molecular weight is 454 g/mol. The summed E-state index contributed by atoms with van der Waals surface area (Å²) < 4.78 is 69.8. The van der Waals surface area contributed by atoms with E-state index >= 15 is 0 Å². The van der Waals surface area contributed by atoms with E-state index < -0.39 is 42.0 Å². The number of amides is 1. The summed E-state index contributed by atoms with van der Waals surface area (Å²) in [5.74, 6) is -4.77. The van der Waals surface area contributed by atoms with Crippen molar-refractivity contribution in [1.82, 2.24) is 4.90 Å². The third kappa shape index (κ3) is 4.96. The van der Waals surface area contributed by atoms with Crippen LogP contribution in [-0.4, -0.2) is 34.5 Å². The Morgan fingerprint density at radius 1 is 1.30 bits per heavy atom. The molecule has 1 aliphatic rings. The van der Waals surface area contributed by atoms with E-state index in [1.54, 1.807) is 6.07 Å². The van der Waals surface area contributed by atoms with Gasteiger partial charge in [-0.1, -0.05) is 28.1 Å². The number of nitrogens with two attached hydrogens (primary N) is 1. The average Bonchev–Trinajstić information content (AvgIpc) is 3.30. The number of nitrogens with zero attached hydrogens (tertiary/aromatic N) is 2. The van der Waals surface area contributed by atoms with Crippen LogP contribution in [0.3, 0.4) is 0 Å². The van der Waals surface area contributed by atoms with Crippen LogP contribution in [0.2, 0.25) is 0 Å². The normalized spacial score (nSPS) is 18.6. The molecule has 2 rings (SSSR count). The van der Waals surface area contributed by atoms with E-state index in [1.807, 2.05) is 0 Å². The molecule has 1 amide bonds. The number of rotatable bonds is 7. The molecule has 0 radical (unpaired) electrons. The van der Waals surface area contributed by atoms with E-state index in [0.717, 1.165) is 0 Å². The highest BCUT2D eigenvalue weighted by Gasteiger charge is 2.61. The van der Waals surface area contributed by atoms with Gasteiger partial charge in [-0.05, 0) is 37.5 Å². The van der Waals surface area contributed by atoms with Crippen molar-refractivity contribution < 1.29 is 26.7 Å². The molecule has 1 saturated carbocycles. The number of alkyl halides is 5. The Hall–Kier alpha value is -1.73. The van der Waals surface area contributed by atoms with Crippen LogP contribution in [0.5, 0.6) is 0 Å². The van der Waals surface area contributed by atoms with Gasteiger partial charge in [0.25, 0.3) is 0 Å². The topological polar surface area (TPSA) is 70.1 Å². The van der Waals surface area contributed by atoms with Crippen LogP contribution in [0.4, 0.5) is 22.0 Å². The van der Waals surface area contributed by atoms with E-state index in [0.29, 0.717) is 16.3 Å². The van der Waals surface area contributed by atoms with Gasteiger partial charge in [-0.25, -0.2) is 8.78 Å². The van der Waals surface area contributed by atoms with Crippen molar-refractivity contribution in [2.24, 2.45) is 5.73 Å². The summed E-state index contributed by atoms with van der Waals surface area (Å²) in [5.41, 5.74) is 3.27. The van der Waals surface area contributed by atoms with Gasteiger partial charge in [0.2, 0.25) is 11.8 Å². The molecule has 0 spiro atoms. The second kappa shape index (κ2) is 7.36. The third-order valence-corrected chi connectivity index (χ3v) is 4.94. The molecule has 0 bridgehead atoms. The molecule has 2 atom stereocenters. The third-order valence-electron chi connectivity index (χ3n) is 4.42. The zero-order valence-electron chi connectivity index (χ0n) is 14.2. The van der Waals surface area contributed by atoms with Gasteiger partial charge < -0.3 is 5.73 Å². The zero-order chi connectivity index (χ0) is 20.6. The molecule has 0 unspecified atom stereocenters. The van der Waals surface area contributed by atoms with Crippen molar-refractivity contribution in [2.75, 3.05) is 0 Å². The highest BCUT2D eigenvalue weighted by atomic mass is 79.9. The molecule has 1 fully saturated rings. The van der Waals surface area contributed by atoms with Gasteiger partial charge in [-0.15, -0.1) is 0 Å². The predicted octanol–water partition coefficient (Wildman–Crippen LogP) is 4.31. The molecule has 0 heterocycles. The van der Waals surface area contributed by atoms with Crippen LogP contribution in [-0.2, 0) is 4.79 Å². The molecule has 0 saturated heterocycles. The van der Waals surface area contributed by atoms with Crippen molar-refractivity contribution >= 4 is 21.8 Å². The quantitative estimate of drug-likeness (QED) is 0.625. The predicted molar refractivity (Wildman–Crippen MR) is 90.6 cm³/mol. The molecule has 1 aromatic carbocycles. The fourth-order valence-electron chi connectivity index (χ4n) is 3.10. The Balaban J connectivity index is 2.63. The number of hydrogen-bond acceptors (Lipinski definition) is 3. The highest BCUT2D eigenvalue weighted by Crippen LogP contribution is 2.52. The molecule has 10 heteroatoms. The monoisotopic (exact) mass is 453 g/mol. The molecule has 0 aliphatic heterocycles. The van der Waals surface area contributed by atoms with E-state index in [9.17, 15) is 32.0 Å². The van der Waals surface area contributed by atoms with Crippen LogP contribution in [0.25, 0.3) is 0 Å². The number of primary amides is 1. The fraction of sp³-hybridized carbons (Fsp3) is 0.529. The Morgan fingerprint density at radius 3 is 2.15 bits per heavy atom. The SMILES string of the molecule is CC(F)(F)C[C@@H](C(N)=O)N([C@@H](c1ccc(Br)cc1)C(F)(F)F)C1(C#N)CC1. The molecular weight excluding hydrogens is 437 g/mol. The summed E-state index contributed by atoms with van der Waals surface area (Å²) in [4.78, 5) is 12.4. The van der Waals surface area contributed by atoms with Crippen LogP contribution in [0.1, 0.15) is 37.8 Å². The van der Waals surface area contributed by atoms with Crippen LogP contribution < -0.4 is 5.73 Å². The lowest BCUT2D eigenvalue weighted by atomic mass is 9.96. The number of carbonyl (C=O) groups excluding carboxylic acids is 1. The van der Waals surface area contributed by atoms with Crippen molar-refractivity contribution in [3.8, 4) is 6.07 Å². The minimum absolute atomic E-state index is 0.0334. The van der Waals surface area contributed by atoms with Crippen LogP contribution in [0, 0.1) is 11.3 Å². The minimum Gasteiger partial charge on any atom is -0.368 e. The van der Waals surface area contributed by atoms with Gasteiger partial charge in [0.15, 0.2) is 0 Å². The molecule has 2 N–H and O–H groups in total. The summed E-state index contributed by atoms with van der Waals surface area (Å²) in [5, 5.41) is 9.46. The largest absolute Gasteiger partial charge is 0.408 e. The van der Waals surface area contributed by atoms with Crippen LogP contribution >= 0.6 is 15.9 Å². The van der Waals surface area contributed by atoms with Crippen molar-refractivity contribution in [3.63, 3.8) is 0 Å². The fourth-order valence-corrected chi connectivity index (χ4v) is 3.36. The molecule has 1 aliphatic carbocycles. The Morgan fingerprint density at radius 2 is 1.81 bits per heavy atom. The molecule has 4 nitrogen and oxygen atoms in total. The van der Waals surface area contributed by atoms with E-state index in [2.05, 4.69) is 15.9 Å². The maximum absolute atomic E-state index is 14.0. The second-order valence-electron chi connectivity index (χ2n) is 6.74. The standard InChI is InChI=1S/C17H17BrF5N3O/c1-15(19,20)8-12(14(25)27)26(16(9-24)6-7-16)13(17(21,22)23)10-2-4-11(18)5-3-10/h2-5,12-13H,6-8H2,1H3,(H2,25,27)/t12-,13-/m0/s1. The summed E-state index contributed by atoms with van der Waals surface area (Å²) in [6.07, 6.45) is -6.07. The molecule has 27 heavy (non-hydrogen) atoms. The second-order valence-corrected chi connectivity index (χ2v) is 7.65. The van der Waals surface area contributed by atoms with E-state index in [4.69, 9.17) is 5.73 Å². The first kappa shape index (κ1) is 21.6. The Bertz CT molecular complexity index is 735. The van der Waals surface area contributed by atoms with Gasteiger partial charge >= 0.3 is 6.18 Å². The summed E-state index contributed by atoms with van der Waals surface area (Å²) in [6, 6.07) is 2.47. The smallest absolute Gasteiger partial charge is 0.368 e. The summed E-state index contributed by atoms with van der Waals surface area (Å²) in [6.45, 7) is 0.495. The maximum atomic E-state index is 14.0. The Kier molecular flexibility index (Phi) is 5.88. The number of benzene rings is 1. The lowest BCUT2D eigenvalue weighted by molar-refractivity contribution is -0.202. The van der Waals surface area contributed by atoms with Crippen molar-refractivity contribution in [2.45, 2.75) is 55.9 Å². The summed E-state index contributed by atoms with van der Waals surface area (Å²) >= 11 is 3.12. The van der Waals surface area contributed by atoms with Gasteiger partial charge in [-0.2, -0.15) is 18.4 Å². The first-order valence-electron chi connectivity index (χ1n) is 8.00. The molecule has 148 valence electrons. The van der Waals surface area contributed by atoms with Gasteiger partial charge in [0.05, 0.1) is 12.1 Å². The first-order valence-corrected chi connectivity index (χ1v) is 8.79. The number of carbonyl (C=O) groups is 1. The summed E-state index contributed by atoms with van der Waals surface area (Å²) in [7, 11) is 0. The van der Waals surface area contributed by atoms with Crippen molar-refractivity contribution in [3.05, 3.63) is 34.3 Å². The lowest BCUT2D eigenvalue weighted by Gasteiger charge is -2.41. The van der Waals surface area contributed by atoms with Crippen LogP contribution in [0.15, 0.2) is 28.7 Å². The van der Waals surface area contributed by atoms with Crippen molar-refractivity contribution in [1.29, 1.82) is 5.26 Å².